The highest BCUT2D eigenvalue weighted by atomic mass is 16.6. The Labute approximate surface area is 177 Å². The van der Waals surface area contributed by atoms with E-state index in [2.05, 4.69) is 0 Å². The maximum Gasteiger partial charge on any atom is 0.343 e. The van der Waals surface area contributed by atoms with Crippen molar-refractivity contribution in [1.29, 1.82) is 0 Å². The summed E-state index contributed by atoms with van der Waals surface area (Å²) in [5.41, 5.74) is 2.16. The molecule has 2 aliphatic heterocycles. The fourth-order valence-electron chi connectivity index (χ4n) is 4.38. The van der Waals surface area contributed by atoms with Crippen LogP contribution in [0.25, 0.3) is 28.4 Å². The predicted molar refractivity (Wildman–Crippen MR) is 114 cm³/mol. The summed E-state index contributed by atoms with van der Waals surface area (Å²) in [5.74, 6) is -0.783. The second kappa shape index (κ2) is 6.72. The number of nitrogens with zero attached hydrogens (tertiary/aromatic N) is 2. The molecule has 7 nitrogen and oxygen atoms in total. The van der Waals surface area contributed by atoms with E-state index in [4.69, 9.17) is 9.72 Å². The molecule has 5 rings (SSSR count). The minimum Gasteiger partial charge on any atom is -0.458 e. The fourth-order valence-corrected chi connectivity index (χ4v) is 4.38. The molecule has 3 aromatic rings. The lowest BCUT2D eigenvalue weighted by Crippen LogP contribution is -2.44. The standard InChI is InChI=1S/C24H20N2O5/c1-3-24(30)18-10-20-21-15(11-26(20)22(28)17(18)12-31-23(24)29)9-16-14(8-7-13(2)27)5-4-6-19(16)25-21/h4-10,30H,3,11-12H2,1-2H3/b8-7+/t24-/m0/s1. The Hall–Kier alpha value is -3.58. The van der Waals surface area contributed by atoms with Crippen molar-refractivity contribution in [3.63, 3.8) is 0 Å². The molecule has 0 radical (unpaired) electrons. The van der Waals surface area contributed by atoms with E-state index in [9.17, 15) is 19.5 Å². The maximum absolute atomic E-state index is 13.2. The van der Waals surface area contributed by atoms with Crippen molar-refractivity contribution in [3.05, 3.63) is 69.0 Å². The summed E-state index contributed by atoms with van der Waals surface area (Å²) in [5, 5.41) is 11.8. The number of ether oxygens (including phenoxy) is 1. The van der Waals surface area contributed by atoms with Crippen LogP contribution in [0.2, 0.25) is 0 Å². The second-order valence-electron chi connectivity index (χ2n) is 7.96. The summed E-state index contributed by atoms with van der Waals surface area (Å²) in [6.07, 6.45) is 3.37. The number of pyridine rings is 2. The second-order valence-corrected chi connectivity index (χ2v) is 7.96. The number of carbonyl (C=O) groups is 2. The largest absolute Gasteiger partial charge is 0.458 e. The molecule has 0 fully saturated rings. The Bertz CT molecular complexity index is 1380. The van der Waals surface area contributed by atoms with Crippen molar-refractivity contribution in [1.82, 2.24) is 9.55 Å². The van der Waals surface area contributed by atoms with E-state index in [1.165, 1.54) is 13.0 Å². The van der Waals surface area contributed by atoms with Crippen molar-refractivity contribution in [2.45, 2.75) is 39.0 Å². The van der Waals surface area contributed by atoms with Gasteiger partial charge in [-0.2, -0.15) is 0 Å². The molecule has 2 aromatic heterocycles. The fraction of sp³-hybridized carbons (Fsp3) is 0.250. The van der Waals surface area contributed by atoms with Crippen LogP contribution in [-0.4, -0.2) is 26.4 Å². The molecule has 1 N–H and O–H groups in total. The van der Waals surface area contributed by atoms with Gasteiger partial charge in [-0.15, -0.1) is 0 Å². The monoisotopic (exact) mass is 416 g/mol. The minimum atomic E-state index is -1.84. The SMILES string of the molecule is CC[C@@]1(O)C(=O)OCc2c1cc1n(c2=O)Cc2cc3c(/C=C/C(C)=O)cccc3nc2-1. The van der Waals surface area contributed by atoms with Crippen LogP contribution in [0, 0.1) is 0 Å². The van der Waals surface area contributed by atoms with Crippen LogP contribution in [0.3, 0.4) is 0 Å². The molecule has 4 heterocycles. The molecule has 31 heavy (non-hydrogen) atoms. The zero-order chi connectivity index (χ0) is 21.9. The average molecular weight is 416 g/mol. The lowest BCUT2D eigenvalue weighted by atomic mass is 9.86. The first-order chi connectivity index (χ1) is 14.8. The Kier molecular flexibility index (Phi) is 4.20. The molecule has 2 aliphatic rings. The molecule has 156 valence electrons. The number of carbonyl (C=O) groups excluding carboxylic acids is 2. The van der Waals surface area contributed by atoms with Gasteiger partial charge < -0.3 is 14.4 Å². The van der Waals surface area contributed by atoms with Crippen molar-refractivity contribution in [3.8, 4) is 11.4 Å². The highest BCUT2D eigenvalue weighted by molar-refractivity contribution is 5.96. The van der Waals surface area contributed by atoms with Gasteiger partial charge in [-0.3, -0.25) is 9.59 Å². The number of cyclic esters (lactones) is 1. The number of aromatic nitrogens is 2. The first-order valence-corrected chi connectivity index (χ1v) is 10.1. The zero-order valence-electron chi connectivity index (χ0n) is 17.1. The highest BCUT2D eigenvalue weighted by Gasteiger charge is 2.45. The summed E-state index contributed by atoms with van der Waals surface area (Å²) in [7, 11) is 0. The van der Waals surface area contributed by atoms with Crippen molar-refractivity contribution in [2.24, 2.45) is 0 Å². The molecular weight excluding hydrogens is 396 g/mol. The van der Waals surface area contributed by atoms with E-state index in [-0.39, 0.29) is 24.4 Å². The lowest BCUT2D eigenvalue weighted by molar-refractivity contribution is -0.172. The lowest BCUT2D eigenvalue weighted by Gasteiger charge is -2.31. The number of hydrogen-bond donors (Lipinski definition) is 1. The van der Waals surface area contributed by atoms with Crippen LogP contribution in [0.4, 0.5) is 0 Å². The topological polar surface area (TPSA) is 98.5 Å². The maximum atomic E-state index is 13.2. The van der Waals surface area contributed by atoms with Gasteiger partial charge in [0.1, 0.15) is 6.61 Å². The molecular formula is C24H20N2O5. The molecule has 0 amide bonds. The van der Waals surface area contributed by atoms with Gasteiger partial charge in [-0.1, -0.05) is 25.1 Å². The number of rotatable bonds is 3. The summed E-state index contributed by atoms with van der Waals surface area (Å²) >= 11 is 0. The Morgan fingerprint density at radius 3 is 2.87 bits per heavy atom. The number of benzene rings is 1. The Morgan fingerprint density at radius 1 is 1.32 bits per heavy atom. The van der Waals surface area contributed by atoms with Gasteiger partial charge >= 0.3 is 5.97 Å². The van der Waals surface area contributed by atoms with Crippen LogP contribution in [0.1, 0.15) is 42.5 Å². The number of esters is 1. The van der Waals surface area contributed by atoms with E-state index in [1.54, 1.807) is 23.6 Å². The molecule has 1 atom stereocenters. The number of hydrogen-bond acceptors (Lipinski definition) is 6. The van der Waals surface area contributed by atoms with Crippen molar-refractivity contribution in [2.75, 3.05) is 0 Å². The van der Waals surface area contributed by atoms with Gasteiger partial charge in [-0.05, 0) is 43.2 Å². The first kappa shape index (κ1) is 19.4. The Balaban J connectivity index is 1.73. The van der Waals surface area contributed by atoms with E-state index < -0.39 is 11.6 Å². The molecule has 0 spiro atoms. The third kappa shape index (κ3) is 2.77. The van der Waals surface area contributed by atoms with Gasteiger partial charge in [0.2, 0.25) is 0 Å². The molecule has 7 heteroatoms. The number of fused-ring (bicyclic) bond motifs is 5. The van der Waals surface area contributed by atoms with Gasteiger partial charge in [0, 0.05) is 16.5 Å². The van der Waals surface area contributed by atoms with Crippen LogP contribution >= 0.6 is 0 Å². The third-order valence-electron chi connectivity index (χ3n) is 6.08. The van der Waals surface area contributed by atoms with Crippen LogP contribution in [0.5, 0.6) is 0 Å². The Morgan fingerprint density at radius 2 is 2.13 bits per heavy atom. The quantitative estimate of drug-likeness (QED) is 0.407. The smallest absolute Gasteiger partial charge is 0.343 e. The van der Waals surface area contributed by atoms with E-state index in [0.29, 0.717) is 29.1 Å². The van der Waals surface area contributed by atoms with Gasteiger partial charge in [-0.25, -0.2) is 9.78 Å². The molecule has 0 aliphatic carbocycles. The van der Waals surface area contributed by atoms with Crippen molar-refractivity contribution >= 4 is 28.7 Å². The molecule has 1 aromatic carbocycles. The van der Waals surface area contributed by atoms with Crippen LogP contribution in [-0.2, 0) is 33.1 Å². The number of allylic oxidation sites excluding steroid dienone is 1. The molecule has 0 saturated carbocycles. The molecule has 0 bridgehead atoms. The summed E-state index contributed by atoms with van der Waals surface area (Å²) < 4.78 is 6.71. The number of aliphatic hydroxyl groups is 1. The highest BCUT2D eigenvalue weighted by Crippen LogP contribution is 2.38. The zero-order valence-corrected chi connectivity index (χ0v) is 17.1. The summed E-state index contributed by atoms with van der Waals surface area (Å²) in [4.78, 5) is 41.6. The van der Waals surface area contributed by atoms with E-state index >= 15 is 0 Å². The van der Waals surface area contributed by atoms with Crippen LogP contribution in [0.15, 0.2) is 41.2 Å². The molecule has 0 saturated heterocycles. The van der Waals surface area contributed by atoms with Crippen LogP contribution < -0.4 is 5.56 Å². The average Bonchev–Trinajstić information content (AvgIpc) is 3.11. The van der Waals surface area contributed by atoms with Gasteiger partial charge in [0.25, 0.3) is 5.56 Å². The molecule has 0 unspecified atom stereocenters. The first-order valence-electron chi connectivity index (χ1n) is 10.1. The van der Waals surface area contributed by atoms with Gasteiger partial charge in [0.15, 0.2) is 11.4 Å². The van der Waals surface area contributed by atoms with E-state index in [0.717, 1.165) is 22.0 Å². The summed E-state index contributed by atoms with van der Waals surface area (Å²) in [6, 6.07) is 9.33. The number of ketones is 1. The van der Waals surface area contributed by atoms with E-state index in [1.807, 2.05) is 24.3 Å². The predicted octanol–water partition coefficient (Wildman–Crippen LogP) is 2.68. The minimum absolute atomic E-state index is 0.0455. The summed E-state index contributed by atoms with van der Waals surface area (Å²) in [6.45, 7) is 3.36. The van der Waals surface area contributed by atoms with Crippen molar-refractivity contribution < 1.29 is 19.4 Å². The normalized spacial score (nSPS) is 19.3. The van der Waals surface area contributed by atoms with Gasteiger partial charge in [0.05, 0.1) is 29.0 Å². The third-order valence-corrected chi connectivity index (χ3v) is 6.08.